The van der Waals surface area contributed by atoms with E-state index in [-0.39, 0.29) is 11.6 Å². The second-order valence-electron chi connectivity index (χ2n) is 5.15. The lowest BCUT2D eigenvalue weighted by Gasteiger charge is -2.45. The van der Waals surface area contributed by atoms with Crippen molar-refractivity contribution in [2.75, 3.05) is 14.2 Å². The van der Waals surface area contributed by atoms with Gasteiger partial charge in [0, 0.05) is 7.11 Å². The van der Waals surface area contributed by atoms with Gasteiger partial charge in [-0.05, 0) is 43.4 Å². The van der Waals surface area contributed by atoms with Crippen molar-refractivity contribution in [3.63, 3.8) is 0 Å². The van der Waals surface area contributed by atoms with E-state index in [1.54, 1.807) is 7.11 Å². The molecule has 4 nitrogen and oxygen atoms in total. The number of hydrogen-bond acceptors (Lipinski definition) is 4. The molecule has 0 aromatic rings. The third-order valence-corrected chi connectivity index (χ3v) is 4.29. The van der Waals surface area contributed by atoms with E-state index in [1.807, 2.05) is 12.2 Å². The van der Waals surface area contributed by atoms with E-state index in [0.29, 0.717) is 0 Å². The molecule has 3 rings (SSSR count). The highest BCUT2D eigenvalue weighted by Crippen LogP contribution is 2.52. The van der Waals surface area contributed by atoms with Gasteiger partial charge >= 0.3 is 5.97 Å². The van der Waals surface area contributed by atoms with Crippen molar-refractivity contribution in [2.24, 2.45) is 5.92 Å². The first kappa shape index (κ1) is 11.9. The van der Waals surface area contributed by atoms with Crippen molar-refractivity contribution in [2.45, 2.75) is 37.1 Å². The molecule has 1 saturated carbocycles. The quantitative estimate of drug-likeness (QED) is 0.555. The van der Waals surface area contributed by atoms with Crippen LogP contribution in [0.15, 0.2) is 23.8 Å². The molecule has 3 aliphatic rings. The highest BCUT2D eigenvalue weighted by molar-refractivity contribution is 5.77. The molecule has 0 radical (unpaired) electrons. The van der Waals surface area contributed by atoms with Crippen LogP contribution in [0.1, 0.15) is 25.7 Å². The molecule has 98 valence electrons. The minimum Gasteiger partial charge on any atom is -0.468 e. The Kier molecular flexibility index (Phi) is 2.61. The molecule has 0 aromatic carbocycles. The average Bonchev–Trinajstić information content (AvgIpc) is 2.72. The van der Waals surface area contributed by atoms with Crippen molar-refractivity contribution < 1.29 is 19.0 Å². The summed E-state index contributed by atoms with van der Waals surface area (Å²) in [5.74, 6) is -1.80. The Morgan fingerprint density at radius 1 is 1.39 bits per heavy atom. The van der Waals surface area contributed by atoms with Crippen molar-refractivity contribution >= 4 is 5.97 Å². The number of esters is 1. The monoisotopic (exact) mass is 250 g/mol. The smallest absolute Gasteiger partial charge is 0.318 e. The van der Waals surface area contributed by atoms with Gasteiger partial charge < -0.3 is 14.2 Å². The Balaban J connectivity index is 2.06. The first-order chi connectivity index (χ1) is 8.66. The Labute approximate surface area is 107 Å². The van der Waals surface area contributed by atoms with Crippen LogP contribution in [-0.4, -0.2) is 31.6 Å². The molecule has 3 atom stereocenters. The lowest BCUT2D eigenvalue weighted by molar-refractivity contribution is -0.247. The highest BCUT2D eigenvalue weighted by Gasteiger charge is 2.57. The predicted octanol–water partition coefficient (Wildman–Crippen LogP) is 1.96. The zero-order chi connectivity index (χ0) is 12.8. The van der Waals surface area contributed by atoms with E-state index in [2.05, 4.69) is 6.08 Å². The van der Waals surface area contributed by atoms with Crippen molar-refractivity contribution in [3.05, 3.63) is 23.8 Å². The first-order valence-corrected chi connectivity index (χ1v) is 6.40. The fourth-order valence-corrected chi connectivity index (χ4v) is 3.29. The number of methoxy groups -OCH3 is 2. The molecular formula is C14H18O4. The molecule has 2 bridgehead atoms. The van der Waals surface area contributed by atoms with E-state index in [4.69, 9.17) is 14.2 Å². The lowest BCUT2D eigenvalue weighted by Crippen LogP contribution is -2.51. The van der Waals surface area contributed by atoms with Gasteiger partial charge in [-0.15, -0.1) is 0 Å². The first-order valence-electron chi connectivity index (χ1n) is 6.40. The molecule has 0 aromatic heterocycles. The molecule has 0 amide bonds. The Morgan fingerprint density at radius 2 is 2.22 bits per heavy atom. The molecule has 18 heavy (non-hydrogen) atoms. The summed E-state index contributed by atoms with van der Waals surface area (Å²) < 4.78 is 16.5. The summed E-state index contributed by atoms with van der Waals surface area (Å²) in [6.45, 7) is 0. The minimum absolute atomic E-state index is 0.310. The largest absolute Gasteiger partial charge is 0.468 e. The van der Waals surface area contributed by atoms with Crippen LogP contribution in [0.25, 0.3) is 0 Å². The van der Waals surface area contributed by atoms with Crippen LogP contribution in [0.4, 0.5) is 0 Å². The predicted molar refractivity (Wildman–Crippen MR) is 64.8 cm³/mol. The fourth-order valence-electron chi connectivity index (χ4n) is 3.29. The Morgan fingerprint density at radius 3 is 2.94 bits per heavy atom. The van der Waals surface area contributed by atoms with Gasteiger partial charge in [0.25, 0.3) is 0 Å². The van der Waals surface area contributed by atoms with Gasteiger partial charge in [-0.25, -0.2) is 0 Å². The average molecular weight is 250 g/mol. The minimum atomic E-state index is -0.978. The maximum atomic E-state index is 11.9. The van der Waals surface area contributed by atoms with E-state index in [1.165, 1.54) is 12.7 Å². The van der Waals surface area contributed by atoms with Crippen LogP contribution in [-0.2, 0) is 19.0 Å². The Bertz CT molecular complexity index is 439. The number of hydrogen-bond donors (Lipinski definition) is 0. The summed E-state index contributed by atoms with van der Waals surface area (Å²) in [6.07, 6.45) is 10.2. The maximum absolute atomic E-state index is 11.9. The van der Waals surface area contributed by atoms with Crippen molar-refractivity contribution in [1.82, 2.24) is 0 Å². The normalized spacial score (nSPS) is 41.2. The molecule has 0 unspecified atom stereocenters. The van der Waals surface area contributed by atoms with Gasteiger partial charge in [0.1, 0.15) is 11.5 Å². The zero-order valence-electron chi connectivity index (χ0n) is 10.8. The molecule has 0 N–H and O–H groups in total. The van der Waals surface area contributed by atoms with Crippen molar-refractivity contribution in [1.29, 1.82) is 0 Å². The molecule has 1 aliphatic carbocycles. The summed E-state index contributed by atoms with van der Waals surface area (Å²) in [6, 6.07) is 0. The second-order valence-corrected chi connectivity index (χ2v) is 5.15. The van der Waals surface area contributed by atoms with Gasteiger partial charge in [-0.1, -0.05) is 6.08 Å². The van der Waals surface area contributed by atoms with Crippen LogP contribution >= 0.6 is 0 Å². The number of fused-ring (bicyclic) bond motifs is 1. The van der Waals surface area contributed by atoms with Crippen LogP contribution in [0.3, 0.4) is 0 Å². The highest BCUT2D eigenvalue weighted by atomic mass is 16.7. The molecule has 4 heteroatoms. The number of rotatable bonds is 2. The molecule has 1 spiro atoms. The number of carbonyl (C=O) groups is 1. The van der Waals surface area contributed by atoms with Crippen LogP contribution < -0.4 is 0 Å². The van der Waals surface area contributed by atoms with E-state index in [9.17, 15) is 4.79 Å². The Hall–Kier alpha value is -1.13. The van der Waals surface area contributed by atoms with Crippen LogP contribution in [0, 0.1) is 5.92 Å². The van der Waals surface area contributed by atoms with E-state index in [0.717, 1.165) is 25.7 Å². The summed E-state index contributed by atoms with van der Waals surface area (Å²) in [5.41, 5.74) is 0.865. The lowest BCUT2D eigenvalue weighted by atomic mass is 9.78. The number of ether oxygens (including phenoxy) is 3. The third-order valence-electron chi connectivity index (χ3n) is 4.29. The van der Waals surface area contributed by atoms with E-state index < -0.39 is 11.7 Å². The van der Waals surface area contributed by atoms with Crippen LogP contribution in [0.5, 0.6) is 0 Å². The SMILES string of the molecule is COC(=O)[C@H]1C=C2CCCC[C@]23C=C[C@]1(OC)O3. The topological polar surface area (TPSA) is 44.8 Å². The second kappa shape index (κ2) is 3.93. The molecule has 1 fully saturated rings. The van der Waals surface area contributed by atoms with E-state index >= 15 is 0 Å². The van der Waals surface area contributed by atoms with Crippen molar-refractivity contribution in [3.8, 4) is 0 Å². The summed E-state index contributed by atoms with van der Waals surface area (Å²) in [7, 11) is 2.96. The third kappa shape index (κ3) is 1.42. The maximum Gasteiger partial charge on any atom is 0.318 e. The van der Waals surface area contributed by atoms with Gasteiger partial charge in [0.2, 0.25) is 5.79 Å². The fraction of sp³-hybridized carbons (Fsp3) is 0.643. The van der Waals surface area contributed by atoms with Crippen LogP contribution in [0.2, 0.25) is 0 Å². The molecular weight excluding hydrogens is 232 g/mol. The summed E-state index contributed by atoms with van der Waals surface area (Å²) in [5, 5.41) is 0. The molecule has 2 heterocycles. The summed E-state index contributed by atoms with van der Waals surface area (Å²) >= 11 is 0. The van der Waals surface area contributed by atoms with Gasteiger partial charge in [0.15, 0.2) is 0 Å². The van der Waals surface area contributed by atoms with Gasteiger partial charge in [-0.2, -0.15) is 0 Å². The van der Waals surface area contributed by atoms with Gasteiger partial charge in [0.05, 0.1) is 7.11 Å². The molecule has 0 saturated heterocycles. The number of carbonyl (C=O) groups excluding carboxylic acids is 1. The standard InChI is InChI=1S/C14H18O4/c1-16-12(15)11-9-10-5-3-4-6-13(10)7-8-14(11,17-2)18-13/h7-9,11H,3-6H2,1-2H3/t11-,13+,14+/m1/s1. The molecule has 2 aliphatic heterocycles. The summed E-state index contributed by atoms with van der Waals surface area (Å²) in [4.78, 5) is 11.9. The zero-order valence-corrected chi connectivity index (χ0v) is 10.8. The van der Waals surface area contributed by atoms with Gasteiger partial charge in [-0.3, -0.25) is 4.79 Å².